The molecule has 30 heavy (non-hydrogen) atoms. The van der Waals surface area contributed by atoms with Gasteiger partial charge in [0.15, 0.2) is 0 Å². The SMILES string of the molecule is CNC(=O)c1cc(C2CCC(CNC(=O)CC3CCCC3)CC2)nc2ccccc12. The van der Waals surface area contributed by atoms with Crippen molar-refractivity contribution >= 4 is 22.7 Å². The predicted octanol–water partition coefficient (Wildman–Crippen LogP) is 4.56. The predicted molar refractivity (Wildman–Crippen MR) is 119 cm³/mol. The van der Waals surface area contributed by atoms with Gasteiger partial charge in [-0.15, -0.1) is 0 Å². The summed E-state index contributed by atoms with van der Waals surface area (Å²) in [6, 6.07) is 9.84. The molecule has 2 fully saturated rings. The number of carbonyl (C=O) groups is 2. The molecule has 0 aliphatic heterocycles. The average molecular weight is 408 g/mol. The van der Waals surface area contributed by atoms with Crippen molar-refractivity contribution in [3.05, 3.63) is 41.6 Å². The summed E-state index contributed by atoms with van der Waals surface area (Å²) in [7, 11) is 1.67. The smallest absolute Gasteiger partial charge is 0.251 e. The van der Waals surface area contributed by atoms with Gasteiger partial charge in [0.25, 0.3) is 5.91 Å². The lowest BCUT2D eigenvalue weighted by atomic mass is 9.80. The molecule has 4 rings (SSSR count). The largest absolute Gasteiger partial charge is 0.356 e. The van der Waals surface area contributed by atoms with Gasteiger partial charge in [-0.1, -0.05) is 31.0 Å². The number of nitrogens with zero attached hydrogens (tertiary/aromatic N) is 1. The van der Waals surface area contributed by atoms with Gasteiger partial charge in [0, 0.05) is 37.0 Å². The Morgan fingerprint density at radius 2 is 1.73 bits per heavy atom. The lowest BCUT2D eigenvalue weighted by Crippen LogP contribution is -2.32. The number of fused-ring (bicyclic) bond motifs is 1. The van der Waals surface area contributed by atoms with Gasteiger partial charge in [-0.3, -0.25) is 14.6 Å². The van der Waals surface area contributed by atoms with E-state index in [1.807, 2.05) is 30.3 Å². The Balaban J connectivity index is 1.35. The molecule has 2 saturated carbocycles. The Kier molecular flexibility index (Phi) is 6.66. The fraction of sp³-hybridized carbons (Fsp3) is 0.560. The summed E-state index contributed by atoms with van der Waals surface area (Å²) in [5.74, 6) is 1.70. The van der Waals surface area contributed by atoms with E-state index in [4.69, 9.17) is 4.98 Å². The average Bonchev–Trinajstić information content (AvgIpc) is 3.29. The molecular formula is C25H33N3O2. The normalized spacial score (nSPS) is 22.2. The van der Waals surface area contributed by atoms with Gasteiger partial charge in [0.1, 0.15) is 0 Å². The van der Waals surface area contributed by atoms with Crippen molar-refractivity contribution in [2.75, 3.05) is 13.6 Å². The molecule has 2 aliphatic carbocycles. The molecule has 160 valence electrons. The summed E-state index contributed by atoms with van der Waals surface area (Å²) in [5.41, 5.74) is 2.62. The number of hydrogen-bond acceptors (Lipinski definition) is 3. The highest BCUT2D eigenvalue weighted by Crippen LogP contribution is 2.36. The van der Waals surface area contributed by atoms with Crippen LogP contribution in [0.2, 0.25) is 0 Å². The van der Waals surface area contributed by atoms with Crippen LogP contribution in [0.3, 0.4) is 0 Å². The van der Waals surface area contributed by atoms with E-state index in [0.717, 1.165) is 48.8 Å². The van der Waals surface area contributed by atoms with Crippen LogP contribution < -0.4 is 10.6 Å². The molecule has 2 aromatic rings. The molecule has 1 heterocycles. The minimum Gasteiger partial charge on any atom is -0.356 e. The Hall–Kier alpha value is -2.43. The fourth-order valence-corrected chi connectivity index (χ4v) is 5.20. The third-order valence-corrected chi connectivity index (χ3v) is 7.01. The number of carbonyl (C=O) groups excluding carboxylic acids is 2. The number of nitrogens with one attached hydrogen (secondary N) is 2. The van der Waals surface area contributed by atoms with Crippen LogP contribution in [0.5, 0.6) is 0 Å². The van der Waals surface area contributed by atoms with Gasteiger partial charge >= 0.3 is 0 Å². The van der Waals surface area contributed by atoms with Crippen LogP contribution in [0.25, 0.3) is 10.9 Å². The van der Waals surface area contributed by atoms with E-state index in [1.54, 1.807) is 7.05 Å². The Bertz CT molecular complexity index is 896. The van der Waals surface area contributed by atoms with E-state index >= 15 is 0 Å². The molecule has 0 atom stereocenters. The summed E-state index contributed by atoms with van der Waals surface area (Å²) in [5, 5.41) is 6.84. The van der Waals surface area contributed by atoms with Crippen molar-refractivity contribution in [3.63, 3.8) is 0 Å². The van der Waals surface area contributed by atoms with E-state index in [0.29, 0.717) is 29.7 Å². The molecule has 5 heteroatoms. The van der Waals surface area contributed by atoms with Gasteiger partial charge in [0.2, 0.25) is 5.91 Å². The van der Waals surface area contributed by atoms with Gasteiger partial charge in [-0.25, -0.2) is 0 Å². The zero-order chi connectivity index (χ0) is 20.9. The maximum atomic E-state index is 12.4. The molecule has 0 bridgehead atoms. The quantitative estimate of drug-likeness (QED) is 0.737. The molecular weight excluding hydrogens is 374 g/mol. The van der Waals surface area contributed by atoms with Crippen LogP contribution in [-0.2, 0) is 4.79 Å². The van der Waals surface area contributed by atoms with Gasteiger partial charge in [-0.2, -0.15) is 0 Å². The summed E-state index contributed by atoms with van der Waals surface area (Å²) >= 11 is 0. The Morgan fingerprint density at radius 3 is 2.47 bits per heavy atom. The van der Waals surface area contributed by atoms with Crippen LogP contribution in [0.1, 0.15) is 79.8 Å². The van der Waals surface area contributed by atoms with Crippen LogP contribution in [0, 0.1) is 11.8 Å². The highest BCUT2D eigenvalue weighted by atomic mass is 16.2. The number of benzene rings is 1. The van der Waals surface area contributed by atoms with Gasteiger partial charge in [0.05, 0.1) is 11.1 Å². The van der Waals surface area contributed by atoms with Crippen LogP contribution in [-0.4, -0.2) is 30.4 Å². The second-order valence-corrected chi connectivity index (χ2v) is 9.07. The molecule has 2 N–H and O–H groups in total. The number of hydrogen-bond donors (Lipinski definition) is 2. The van der Waals surface area contributed by atoms with Crippen molar-refractivity contribution in [1.82, 2.24) is 15.6 Å². The summed E-state index contributed by atoms with van der Waals surface area (Å²) in [4.78, 5) is 29.5. The zero-order valence-corrected chi connectivity index (χ0v) is 18.0. The number of aromatic nitrogens is 1. The summed E-state index contributed by atoms with van der Waals surface area (Å²) in [6.07, 6.45) is 10.0. The van der Waals surface area contributed by atoms with Crippen LogP contribution in [0.4, 0.5) is 0 Å². The summed E-state index contributed by atoms with van der Waals surface area (Å²) in [6.45, 7) is 0.799. The van der Waals surface area contributed by atoms with Crippen molar-refractivity contribution < 1.29 is 9.59 Å². The molecule has 0 unspecified atom stereocenters. The Morgan fingerprint density at radius 1 is 1.00 bits per heavy atom. The van der Waals surface area contributed by atoms with Crippen molar-refractivity contribution in [3.8, 4) is 0 Å². The molecule has 2 aliphatic rings. The first-order valence-electron chi connectivity index (χ1n) is 11.5. The maximum absolute atomic E-state index is 12.4. The second-order valence-electron chi connectivity index (χ2n) is 9.07. The van der Waals surface area contributed by atoms with E-state index in [1.165, 1.54) is 25.7 Å². The Labute approximate surface area is 179 Å². The number of pyridine rings is 1. The molecule has 0 radical (unpaired) electrons. The maximum Gasteiger partial charge on any atom is 0.251 e. The highest BCUT2D eigenvalue weighted by molar-refractivity contribution is 6.06. The first-order chi connectivity index (χ1) is 14.6. The van der Waals surface area contributed by atoms with E-state index in [-0.39, 0.29) is 11.8 Å². The molecule has 0 spiro atoms. The van der Waals surface area contributed by atoms with E-state index in [9.17, 15) is 9.59 Å². The molecule has 5 nitrogen and oxygen atoms in total. The van der Waals surface area contributed by atoms with Crippen molar-refractivity contribution in [1.29, 1.82) is 0 Å². The van der Waals surface area contributed by atoms with Crippen LogP contribution in [0.15, 0.2) is 30.3 Å². The van der Waals surface area contributed by atoms with E-state index in [2.05, 4.69) is 10.6 Å². The monoisotopic (exact) mass is 407 g/mol. The molecule has 1 aromatic carbocycles. The summed E-state index contributed by atoms with van der Waals surface area (Å²) < 4.78 is 0. The first kappa shape index (κ1) is 20.8. The van der Waals surface area contributed by atoms with Crippen molar-refractivity contribution in [2.24, 2.45) is 11.8 Å². The zero-order valence-electron chi connectivity index (χ0n) is 18.0. The highest BCUT2D eigenvalue weighted by Gasteiger charge is 2.26. The lowest BCUT2D eigenvalue weighted by Gasteiger charge is -2.29. The minimum atomic E-state index is -0.0616. The first-order valence-corrected chi connectivity index (χ1v) is 11.5. The third-order valence-electron chi connectivity index (χ3n) is 7.01. The molecule has 0 saturated heterocycles. The van der Waals surface area contributed by atoms with Crippen molar-refractivity contribution in [2.45, 2.75) is 63.7 Å². The molecule has 1 aromatic heterocycles. The van der Waals surface area contributed by atoms with Gasteiger partial charge in [-0.05, 0) is 62.5 Å². The van der Waals surface area contributed by atoms with Crippen LogP contribution >= 0.6 is 0 Å². The number of amides is 2. The molecule has 2 amide bonds. The topological polar surface area (TPSA) is 71.1 Å². The third kappa shape index (κ3) is 4.82. The number of para-hydroxylation sites is 1. The lowest BCUT2D eigenvalue weighted by molar-refractivity contribution is -0.122. The fourth-order valence-electron chi connectivity index (χ4n) is 5.20. The second kappa shape index (κ2) is 9.59. The van der Waals surface area contributed by atoms with Gasteiger partial charge < -0.3 is 10.6 Å². The minimum absolute atomic E-state index is 0.0616. The standard InChI is InChI=1S/C25H33N3O2/c1-26-25(30)21-15-23(28-22-9-5-4-8-20(21)22)19-12-10-18(11-13-19)16-27-24(29)14-17-6-2-3-7-17/h4-5,8-9,15,17-19H,2-3,6-7,10-14,16H2,1H3,(H,26,30)(H,27,29). The number of rotatable bonds is 6. The van der Waals surface area contributed by atoms with E-state index < -0.39 is 0 Å².